The predicted octanol–water partition coefficient (Wildman–Crippen LogP) is 4.92. The van der Waals surface area contributed by atoms with Gasteiger partial charge in [-0.2, -0.15) is 5.26 Å². The number of nitrogens with two attached hydrogens (primary N) is 1. The Morgan fingerprint density at radius 1 is 1.09 bits per heavy atom. The highest BCUT2D eigenvalue weighted by Gasteiger charge is 2.28. The van der Waals surface area contributed by atoms with E-state index in [2.05, 4.69) is 10.3 Å². The van der Waals surface area contributed by atoms with Gasteiger partial charge in [-0.25, -0.2) is 4.39 Å². The van der Waals surface area contributed by atoms with E-state index in [-0.39, 0.29) is 23.4 Å². The Kier molecular flexibility index (Phi) is 7.66. The number of amides is 1. The van der Waals surface area contributed by atoms with Gasteiger partial charge in [0.05, 0.1) is 17.3 Å². The van der Waals surface area contributed by atoms with Gasteiger partial charge in [-0.05, 0) is 85.5 Å². The minimum Gasteiger partial charge on any atom is -0.347 e. The molecule has 1 heterocycles. The molecule has 0 aliphatic heterocycles. The van der Waals surface area contributed by atoms with Crippen LogP contribution in [0, 0.1) is 29.0 Å². The van der Waals surface area contributed by atoms with Crippen molar-refractivity contribution >= 4 is 5.91 Å². The zero-order chi connectivity index (χ0) is 23.9. The second-order valence-corrected chi connectivity index (χ2v) is 8.98. The molecule has 6 heteroatoms. The topological polar surface area (TPSA) is 91.8 Å². The van der Waals surface area contributed by atoms with E-state index in [9.17, 15) is 9.18 Å². The average molecular weight is 457 g/mol. The molecule has 0 saturated heterocycles. The number of carbonyl (C=O) groups excluding carboxylic acids is 1. The third-order valence-electron chi connectivity index (χ3n) is 6.71. The second kappa shape index (κ2) is 11.0. The lowest BCUT2D eigenvalue weighted by atomic mass is 9.81. The summed E-state index contributed by atoms with van der Waals surface area (Å²) >= 11 is 0. The normalized spacial score (nSPS) is 18.6. The van der Waals surface area contributed by atoms with E-state index < -0.39 is 5.82 Å². The number of hydrogen-bond donors (Lipinski definition) is 2. The molecule has 1 saturated carbocycles. The number of benzene rings is 2. The summed E-state index contributed by atoms with van der Waals surface area (Å²) in [5.74, 6) is -0.0131. The molecule has 1 aliphatic rings. The summed E-state index contributed by atoms with van der Waals surface area (Å²) in [6.07, 6.45) is 5.94. The van der Waals surface area contributed by atoms with E-state index in [1.54, 1.807) is 18.3 Å². The molecular formula is C28H29FN4O. The van der Waals surface area contributed by atoms with Crippen molar-refractivity contribution in [3.63, 3.8) is 0 Å². The minimum atomic E-state index is -0.555. The van der Waals surface area contributed by atoms with Gasteiger partial charge in [-0.1, -0.05) is 36.4 Å². The van der Waals surface area contributed by atoms with Crippen LogP contribution in [0.4, 0.5) is 4.39 Å². The predicted molar refractivity (Wildman–Crippen MR) is 130 cm³/mol. The minimum absolute atomic E-state index is 0.0107. The number of carbonyl (C=O) groups is 1. The van der Waals surface area contributed by atoms with Gasteiger partial charge in [0.15, 0.2) is 0 Å². The lowest BCUT2D eigenvalue weighted by Gasteiger charge is -2.28. The first-order chi connectivity index (χ1) is 16.6. The summed E-state index contributed by atoms with van der Waals surface area (Å²) in [5, 5.41) is 12.3. The first-order valence-electron chi connectivity index (χ1n) is 11.8. The third kappa shape index (κ3) is 5.67. The van der Waals surface area contributed by atoms with E-state index in [4.69, 9.17) is 11.0 Å². The Bertz CT molecular complexity index is 1170. The number of pyridine rings is 1. The fourth-order valence-corrected chi connectivity index (χ4v) is 4.63. The van der Waals surface area contributed by atoms with Crippen LogP contribution in [0.25, 0.3) is 11.1 Å². The molecule has 3 N–H and O–H groups in total. The molecule has 4 rings (SSSR count). The summed E-state index contributed by atoms with van der Waals surface area (Å²) in [5.41, 5.74) is 9.07. The monoisotopic (exact) mass is 456 g/mol. The maximum atomic E-state index is 14.2. The van der Waals surface area contributed by atoms with Crippen molar-refractivity contribution in [2.24, 2.45) is 17.6 Å². The van der Waals surface area contributed by atoms with Crippen LogP contribution in [0.2, 0.25) is 0 Å². The van der Waals surface area contributed by atoms with Crippen molar-refractivity contribution in [2.45, 2.75) is 38.1 Å². The zero-order valence-corrected chi connectivity index (χ0v) is 19.1. The molecule has 1 aromatic heterocycles. The first-order valence-corrected chi connectivity index (χ1v) is 11.8. The standard InChI is InChI=1S/C28H29FN4O/c29-25-15-22(10-11-24(25)18-31)23-12-13-32-26(16-23)27(14-19-4-2-1-3-5-19)33-28(34)21-8-6-20(17-30)7-9-21/h1-5,10-13,15-16,20-21,27H,6-9,14,17,30H2,(H,33,34). The Morgan fingerprint density at radius 3 is 2.50 bits per heavy atom. The number of nitrogens with zero attached hydrogens (tertiary/aromatic N) is 2. The Morgan fingerprint density at radius 2 is 1.82 bits per heavy atom. The van der Waals surface area contributed by atoms with Crippen molar-refractivity contribution in [1.82, 2.24) is 10.3 Å². The summed E-state index contributed by atoms with van der Waals surface area (Å²) < 4.78 is 14.2. The van der Waals surface area contributed by atoms with E-state index in [1.807, 2.05) is 42.5 Å². The smallest absolute Gasteiger partial charge is 0.223 e. The molecule has 0 radical (unpaired) electrons. The second-order valence-electron chi connectivity index (χ2n) is 8.98. The number of nitriles is 1. The van der Waals surface area contributed by atoms with Crippen LogP contribution in [0.15, 0.2) is 66.9 Å². The fourth-order valence-electron chi connectivity index (χ4n) is 4.63. The molecule has 5 nitrogen and oxygen atoms in total. The van der Waals surface area contributed by atoms with Gasteiger partial charge < -0.3 is 11.1 Å². The Balaban J connectivity index is 1.59. The summed E-state index contributed by atoms with van der Waals surface area (Å²) in [6, 6.07) is 19.8. The number of halogens is 1. The highest BCUT2D eigenvalue weighted by molar-refractivity contribution is 5.79. The van der Waals surface area contributed by atoms with Crippen molar-refractivity contribution in [2.75, 3.05) is 6.54 Å². The third-order valence-corrected chi connectivity index (χ3v) is 6.71. The number of aromatic nitrogens is 1. The lowest BCUT2D eigenvalue weighted by Crippen LogP contribution is -2.37. The number of nitrogens with one attached hydrogen (secondary N) is 1. The van der Waals surface area contributed by atoms with E-state index in [0.29, 0.717) is 24.4 Å². The lowest BCUT2D eigenvalue weighted by molar-refractivity contribution is -0.127. The van der Waals surface area contributed by atoms with Gasteiger partial charge in [0.25, 0.3) is 0 Å². The molecule has 1 amide bonds. The fraction of sp³-hybridized carbons (Fsp3) is 0.321. The summed E-state index contributed by atoms with van der Waals surface area (Å²) in [7, 11) is 0. The maximum Gasteiger partial charge on any atom is 0.223 e. The molecule has 1 aliphatic carbocycles. The van der Waals surface area contributed by atoms with Crippen molar-refractivity contribution in [3.8, 4) is 17.2 Å². The molecule has 34 heavy (non-hydrogen) atoms. The average Bonchev–Trinajstić information content (AvgIpc) is 2.89. The first kappa shape index (κ1) is 23.6. The summed E-state index contributed by atoms with van der Waals surface area (Å²) in [4.78, 5) is 17.8. The molecule has 1 unspecified atom stereocenters. The quantitative estimate of drug-likeness (QED) is 0.528. The van der Waals surface area contributed by atoms with Crippen LogP contribution in [-0.4, -0.2) is 17.4 Å². The van der Waals surface area contributed by atoms with Gasteiger partial charge in [-0.15, -0.1) is 0 Å². The highest BCUT2D eigenvalue weighted by Crippen LogP contribution is 2.30. The van der Waals surface area contributed by atoms with Gasteiger partial charge in [0.2, 0.25) is 5.91 Å². The molecular weight excluding hydrogens is 427 g/mol. The number of rotatable bonds is 7. The number of hydrogen-bond acceptors (Lipinski definition) is 4. The molecule has 3 aromatic rings. The van der Waals surface area contributed by atoms with Crippen molar-refractivity contribution in [3.05, 3.63) is 89.5 Å². The van der Waals surface area contributed by atoms with Crippen LogP contribution in [0.1, 0.15) is 48.5 Å². The van der Waals surface area contributed by atoms with Crippen molar-refractivity contribution in [1.29, 1.82) is 5.26 Å². The molecule has 2 aromatic carbocycles. The Hall–Kier alpha value is -3.56. The van der Waals surface area contributed by atoms with Gasteiger partial charge in [-0.3, -0.25) is 9.78 Å². The summed E-state index contributed by atoms with van der Waals surface area (Å²) in [6.45, 7) is 0.678. The largest absolute Gasteiger partial charge is 0.347 e. The van der Waals surface area contributed by atoms with E-state index >= 15 is 0 Å². The molecule has 1 atom stereocenters. The Labute approximate surface area is 199 Å². The zero-order valence-electron chi connectivity index (χ0n) is 19.1. The van der Waals surface area contributed by atoms with Gasteiger partial charge >= 0.3 is 0 Å². The molecule has 0 spiro atoms. The van der Waals surface area contributed by atoms with Crippen molar-refractivity contribution < 1.29 is 9.18 Å². The van der Waals surface area contributed by atoms with Crippen LogP contribution < -0.4 is 11.1 Å². The van der Waals surface area contributed by atoms with Crippen LogP contribution in [0.5, 0.6) is 0 Å². The highest BCUT2D eigenvalue weighted by atomic mass is 19.1. The maximum absolute atomic E-state index is 14.2. The van der Waals surface area contributed by atoms with Crippen LogP contribution >= 0.6 is 0 Å². The molecule has 0 bridgehead atoms. The van der Waals surface area contributed by atoms with E-state index in [0.717, 1.165) is 42.5 Å². The van der Waals surface area contributed by atoms with Gasteiger partial charge in [0, 0.05) is 12.1 Å². The molecule has 1 fully saturated rings. The van der Waals surface area contributed by atoms with Gasteiger partial charge in [0.1, 0.15) is 11.9 Å². The molecule has 174 valence electrons. The van der Waals surface area contributed by atoms with E-state index in [1.165, 1.54) is 12.1 Å². The van der Waals surface area contributed by atoms with Crippen LogP contribution in [0.3, 0.4) is 0 Å². The SMILES string of the molecule is N#Cc1ccc(-c2ccnc(C(Cc3ccccc3)NC(=O)C3CCC(CN)CC3)c2)cc1F. The van der Waals surface area contributed by atoms with Crippen LogP contribution in [-0.2, 0) is 11.2 Å².